The Morgan fingerprint density at radius 3 is 2.63 bits per heavy atom. The summed E-state index contributed by atoms with van der Waals surface area (Å²) in [5.74, 6) is 0. The minimum Gasteiger partial charge on any atom is -0.347 e. The second kappa shape index (κ2) is 5.31. The Bertz CT molecular complexity index is 664. The molecule has 0 atom stereocenters. The molecule has 1 aromatic heterocycles. The van der Waals surface area contributed by atoms with Gasteiger partial charge in [-0.05, 0) is 48.9 Å². The third-order valence-electron chi connectivity index (χ3n) is 3.63. The third-order valence-corrected chi connectivity index (χ3v) is 3.63. The molecule has 0 N–H and O–H groups in total. The number of nitrogens with zero attached hydrogens (tertiary/aromatic N) is 1. The standard InChI is InChI=1S/C18H19N/c1-15-9-10-18-17(14-15)11-13-19(18)12-5-8-16-6-3-2-4-7-16/h2-4,6-7,9-11,13-14H,5,8,12H2,1H3. The van der Waals surface area contributed by atoms with Gasteiger partial charge in [0.15, 0.2) is 0 Å². The van der Waals surface area contributed by atoms with Crippen molar-refractivity contribution < 1.29 is 0 Å². The topological polar surface area (TPSA) is 4.93 Å². The highest BCUT2D eigenvalue weighted by Gasteiger charge is 2.01. The van der Waals surface area contributed by atoms with Crippen molar-refractivity contribution in [2.75, 3.05) is 0 Å². The SMILES string of the molecule is Cc1ccc2c(ccn2CCCc2ccccc2)c1. The maximum atomic E-state index is 2.36. The van der Waals surface area contributed by atoms with Crippen LogP contribution in [-0.2, 0) is 13.0 Å². The van der Waals surface area contributed by atoms with Gasteiger partial charge in [-0.2, -0.15) is 0 Å². The van der Waals surface area contributed by atoms with Gasteiger partial charge in [-0.1, -0.05) is 42.0 Å². The van der Waals surface area contributed by atoms with E-state index >= 15 is 0 Å². The molecule has 3 aromatic rings. The van der Waals surface area contributed by atoms with E-state index in [0.717, 1.165) is 13.0 Å². The van der Waals surface area contributed by atoms with Crippen molar-refractivity contribution in [3.05, 3.63) is 71.9 Å². The van der Waals surface area contributed by atoms with Crippen LogP contribution in [0.25, 0.3) is 10.9 Å². The van der Waals surface area contributed by atoms with Crippen LogP contribution < -0.4 is 0 Å². The second-order valence-corrected chi connectivity index (χ2v) is 5.16. The Hall–Kier alpha value is -2.02. The molecule has 1 nitrogen and oxygen atoms in total. The van der Waals surface area contributed by atoms with Crippen molar-refractivity contribution in [2.24, 2.45) is 0 Å². The van der Waals surface area contributed by atoms with Crippen molar-refractivity contribution in [1.82, 2.24) is 4.57 Å². The highest BCUT2D eigenvalue weighted by molar-refractivity contribution is 5.80. The molecule has 0 radical (unpaired) electrons. The summed E-state index contributed by atoms with van der Waals surface area (Å²) in [6, 6.07) is 19.6. The average molecular weight is 249 g/mol. The van der Waals surface area contributed by atoms with E-state index in [0.29, 0.717) is 0 Å². The van der Waals surface area contributed by atoms with Crippen LogP contribution >= 0.6 is 0 Å². The summed E-state index contributed by atoms with van der Waals surface area (Å²) < 4.78 is 2.36. The van der Waals surface area contributed by atoms with Gasteiger partial charge < -0.3 is 4.57 Å². The second-order valence-electron chi connectivity index (χ2n) is 5.16. The normalized spacial score (nSPS) is 11.0. The lowest BCUT2D eigenvalue weighted by Gasteiger charge is -2.06. The molecule has 2 aromatic carbocycles. The van der Waals surface area contributed by atoms with Crippen LogP contribution in [0.3, 0.4) is 0 Å². The first-order chi connectivity index (χ1) is 9.33. The van der Waals surface area contributed by atoms with E-state index in [4.69, 9.17) is 0 Å². The van der Waals surface area contributed by atoms with E-state index in [2.05, 4.69) is 72.3 Å². The van der Waals surface area contributed by atoms with Crippen molar-refractivity contribution in [1.29, 1.82) is 0 Å². The van der Waals surface area contributed by atoms with Crippen molar-refractivity contribution in [3.63, 3.8) is 0 Å². The molecule has 0 bridgehead atoms. The Morgan fingerprint density at radius 1 is 0.947 bits per heavy atom. The first-order valence-corrected chi connectivity index (χ1v) is 6.92. The number of rotatable bonds is 4. The van der Waals surface area contributed by atoms with E-state index in [1.807, 2.05) is 0 Å². The van der Waals surface area contributed by atoms with E-state index in [9.17, 15) is 0 Å². The van der Waals surface area contributed by atoms with Gasteiger partial charge in [-0.25, -0.2) is 0 Å². The largest absolute Gasteiger partial charge is 0.347 e. The number of aromatic nitrogens is 1. The van der Waals surface area contributed by atoms with Gasteiger partial charge in [-0.15, -0.1) is 0 Å². The van der Waals surface area contributed by atoms with Crippen molar-refractivity contribution in [3.8, 4) is 0 Å². The van der Waals surface area contributed by atoms with Crippen LogP contribution in [0.5, 0.6) is 0 Å². The predicted molar refractivity (Wildman–Crippen MR) is 81.4 cm³/mol. The van der Waals surface area contributed by atoms with Crippen LogP contribution in [0.15, 0.2) is 60.8 Å². The van der Waals surface area contributed by atoms with Crippen LogP contribution in [0, 0.1) is 6.92 Å². The molecular weight excluding hydrogens is 230 g/mol. The summed E-state index contributed by atoms with van der Waals surface area (Å²) in [6.07, 6.45) is 4.53. The zero-order valence-electron chi connectivity index (χ0n) is 11.3. The molecule has 1 heteroatoms. The predicted octanol–water partition coefficient (Wildman–Crippen LogP) is 4.58. The molecule has 0 saturated carbocycles. The van der Waals surface area contributed by atoms with Gasteiger partial charge in [-0.3, -0.25) is 0 Å². The zero-order chi connectivity index (χ0) is 13.1. The maximum Gasteiger partial charge on any atom is 0.0480 e. The van der Waals surface area contributed by atoms with E-state index < -0.39 is 0 Å². The fraction of sp³-hybridized carbons (Fsp3) is 0.222. The molecule has 1 heterocycles. The molecule has 19 heavy (non-hydrogen) atoms. The highest BCUT2D eigenvalue weighted by Crippen LogP contribution is 2.18. The number of aryl methyl sites for hydroxylation is 3. The summed E-state index contributed by atoms with van der Waals surface area (Å²) in [4.78, 5) is 0. The summed E-state index contributed by atoms with van der Waals surface area (Å²) in [5.41, 5.74) is 4.10. The lowest BCUT2D eigenvalue weighted by molar-refractivity contribution is 0.662. The number of hydrogen-bond acceptors (Lipinski definition) is 0. The Morgan fingerprint density at radius 2 is 1.79 bits per heavy atom. The van der Waals surface area contributed by atoms with Gasteiger partial charge in [0, 0.05) is 18.3 Å². The quantitative estimate of drug-likeness (QED) is 0.637. The molecule has 3 rings (SSSR count). The highest BCUT2D eigenvalue weighted by atomic mass is 14.9. The molecule has 0 aliphatic carbocycles. The molecule has 0 aliphatic heterocycles. The number of hydrogen-bond donors (Lipinski definition) is 0. The molecule has 0 spiro atoms. The van der Waals surface area contributed by atoms with Gasteiger partial charge in [0.2, 0.25) is 0 Å². The zero-order valence-corrected chi connectivity index (χ0v) is 11.3. The fourth-order valence-corrected chi connectivity index (χ4v) is 2.61. The van der Waals surface area contributed by atoms with Crippen molar-refractivity contribution >= 4 is 10.9 Å². The summed E-state index contributed by atoms with van der Waals surface area (Å²) >= 11 is 0. The van der Waals surface area contributed by atoms with Gasteiger partial charge in [0.25, 0.3) is 0 Å². The van der Waals surface area contributed by atoms with Crippen molar-refractivity contribution in [2.45, 2.75) is 26.3 Å². The molecule has 0 saturated heterocycles. The van der Waals surface area contributed by atoms with Crippen LogP contribution in [0.1, 0.15) is 17.5 Å². The molecule has 0 amide bonds. The minimum absolute atomic E-state index is 1.08. The summed E-state index contributed by atoms with van der Waals surface area (Å²) in [7, 11) is 0. The number of benzene rings is 2. The van der Waals surface area contributed by atoms with E-state index in [1.54, 1.807) is 0 Å². The summed E-state index contributed by atoms with van der Waals surface area (Å²) in [5, 5.41) is 1.35. The van der Waals surface area contributed by atoms with Gasteiger partial charge in [0.05, 0.1) is 0 Å². The molecule has 0 unspecified atom stereocenters. The Kier molecular flexibility index (Phi) is 3.37. The third kappa shape index (κ3) is 2.70. The molecular formula is C18H19N. The van der Waals surface area contributed by atoms with Crippen LogP contribution in [0.2, 0.25) is 0 Å². The fourth-order valence-electron chi connectivity index (χ4n) is 2.61. The first kappa shape index (κ1) is 12.0. The maximum absolute atomic E-state index is 2.36. The molecule has 0 fully saturated rings. The minimum atomic E-state index is 1.08. The van der Waals surface area contributed by atoms with E-state index in [-0.39, 0.29) is 0 Å². The van der Waals surface area contributed by atoms with Crippen LogP contribution in [-0.4, -0.2) is 4.57 Å². The monoisotopic (exact) mass is 249 g/mol. The first-order valence-electron chi connectivity index (χ1n) is 6.92. The molecule has 96 valence electrons. The van der Waals surface area contributed by atoms with Crippen LogP contribution in [0.4, 0.5) is 0 Å². The van der Waals surface area contributed by atoms with Gasteiger partial charge in [0.1, 0.15) is 0 Å². The summed E-state index contributed by atoms with van der Waals surface area (Å²) in [6.45, 7) is 3.23. The van der Waals surface area contributed by atoms with E-state index in [1.165, 1.54) is 28.5 Å². The van der Waals surface area contributed by atoms with Gasteiger partial charge >= 0.3 is 0 Å². The molecule has 0 aliphatic rings. The average Bonchev–Trinajstić information content (AvgIpc) is 2.82. The number of fused-ring (bicyclic) bond motifs is 1. The Labute approximate surface area is 114 Å². The lowest BCUT2D eigenvalue weighted by Crippen LogP contribution is -1.97. The Balaban J connectivity index is 1.69. The smallest absolute Gasteiger partial charge is 0.0480 e. The lowest BCUT2D eigenvalue weighted by atomic mass is 10.1.